The molecule has 0 bridgehead atoms. The van der Waals surface area contributed by atoms with Gasteiger partial charge in [-0.1, -0.05) is 35.5 Å². The monoisotopic (exact) mass is 417 g/mol. The van der Waals surface area contributed by atoms with E-state index in [4.69, 9.17) is 16.3 Å². The highest BCUT2D eigenvalue weighted by molar-refractivity contribution is 7.99. The second-order valence-electron chi connectivity index (χ2n) is 6.07. The number of halogens is 1. The standard InChI is InChI=1S/C20H20ClN3O3S/c1-4-22-18(25)11-28-20-23-15-8-6-5-7-13(15)19(26)24(20)16-9-12(2)14(21)10-17(16)27-3/h5-10H,4,11H2,1-3H3,(H,22,25). The third kappa shape index (κ3) is 4.00. The number of aryl methyl sites for hydroxylation is 1. The average molecular weight is 418 g/mol. The van der Waals surface area contributed by atoms with Gasteiger partial charge in [0, 0.05) is 17.6 Å². The number of nitrogens with one attached hydrogen (secondary N) is 1. The highest BCUT2D eigenvalue weighted by Gasteiger charge is 2.18. The highest BCUT2D eigenvalue weighted by Crippen LogP contribution is 2.31. The van der Waals surface area contributed by atoms with Crippen LogP contribution < -0.4 is 15.6 Å². The lowest BCUT2D eigenvalue weighted by Gasteiger charge is -2.17. The molecule has 1 N–H and O–H groups in total. The van der Waals surface area contributed by atoms with Crippen LogP contribution in [0.4, 0.5) is 0 Å². The second kappa shape index (κ2) is 8.67. The van der Waals surface area contributed by atoms with Gasteiger partial charge in [-0.15, -0.1) is 0 Å². The summed E-state index contributed by atoms with van der Waals surface area (Å²) in [5.74, 6) is 0.475. The Labute approximate surface area is 171 Å². The van der Waals surface area contributed by atoms with Gasteiger partial charge >= 0.3 is 0 Å². The quantitative estimate of drug-likeness (QED) is 0.490. The number of methoxy groups -OCH3 is 1. The fourth-order valence-electron chi connectivity index (χ4n) is 2.79. The Hall–Kier alpha value is -2.51. The van der Waals surface area contributed by atoms with Gasteiger partial charge in [-0.2, -0.15) is 0 Å². The first-order valence-electron chi connectivity index (χ1n) is 8.72. The van der Waals surface area contributed by atoms with Crippen LogP contribution in [0, 0.1) is 6.92 Å². The van der Waals surface area contributed by atoms with Crippen molar-refractivity contribution in [3.05, 3.63) is 57.3 Å². The molecule has 8 heteroatoms. The molecule has 0 spiro atoms. The number of benzene rings is 2. The Kier molecular flexibility index (Phi) is 6.26. The van der Waals surface area contributed by atoms with E-state index in [1.165, 1.54) is 23.4 Å². The van der Waals surface area contributed by atoms with Crippen LogP contribution in [0.15, 0.2) is 46.3 Å². The first-order chi connectivity index (χ1) is 13.5. The van der Waals surface area contributed by atoms with Crippen LogP contribution >= 0.6 is 23.4 Å². The van der Waals surface area contributed by atoms with Crippen LogP contribution in [-0.2, 0) is 4.79 Å². The predicted octanol–water partition coefficient (Wildman–Crippen LogP) is 3.58. The minimum absolute atomic E-state index is 0.124. The number of para-hydroxylation sites is 1. The van der Waals surface area contributed by atoms with Gasteiger partial charge in [-0.05, 0) is 37.6 Å². The van der Waals surface area contributed by atoms with Crippen LogP contribution in [0.2, 0.25) is 5.02 Å². The largest absolute Gasteiger partial charge is 0.495 e. The Morgan fingerprint density at radius 2 is 2.07 bits per heavy atom. The maximum absolute atomic E-state index is 13.3. The smallest absolute Gasteiger partial charge is 0.266 e. The second-order valence-corrected chi connectivity index (χ2v) is 7.42. The molecule has 1 amide bonds. The van der Waals surface area contributed by atoms with Crippen LogP contribution in [0.25, 0.3) is 16.6 Å². The zero-order valence-electron chi connectivity index (χ0n) is 15.8. The number of fused-ring (bicyclic) bond motifs is 1. The molecular formula is C20H20ClN3O3S. The van der Waals surface area contributed by atoms with E-state index in [0.717, 1.165) is 5.56 Å². The lowest BCUT2D eigenvalue weighted by molar-refractivity contribution is -0.118. The van der Waals surface area contributed by atoms with Crippen molar-refractivity contribution in [3.63, 3.8) is 0 Å². The Morgan fingerprint density at radius 1 is 1.32 bits per heavy atom. The highest BCUT2D eigenvalue weighted by atomic mass is 35.5. The molecule has 3 aromatic rings. The maximum Gasteiger partial charge on any atom is 0.266 e. The summed E-state index contributed by atoms with van der Waals surface area (Å²) in [7, 11) is 1.52. The first-order valence-corrected chi connectivity index (χ1v) is 10.1. The SMILES string of the molecule is CCNC(=O)CSc1nc2ccccc2c(=O)n1-c1cc(C)c(Cl)cc1OC. The molecular weight excluding hydrogens is 398 g/mol. The van der Waals surface area contributed by atoms with Gasteiger partial charge in [0.05, 0.1) is 29.5 Å². The van der Waals surface area contributed by atoms with E-state index in [0.29, 0.717) is 39.1 Å². The lowest BCUT2D eigenvalue weighted by Crippen LogP contribution is -2.26. The summed E-state index contributed by atoms with van der Waals surface area (Å²) >= 11 is 7.42. The molecule has 0 saturated carbocycles. The van der Waals surface area contributed by atoms with Crippen molar-refractivity contribution in [2.75, 3.05) is 19.4 Å². The van der Waals surface area contributed by atoms with Gasteiger partial charge in [0.2, 0.25) is 5.91 Å². The van der Waals surface area contributed by atoms with Crippen molar-refractivity contribution in [2.24, 2.45) is 0 Å². The number of hydrogen-bond donors (Lipinski definition) is 1. The molecule has 146 valence electrons. The third-order valence-electron chi connectivity index (χ3n) is 4.15. The molecule has 0 aliphatic carbocycles. The number of amides is 1. The van der Waals surface area contributed by atoms with Crippen molar-refractivity contribution in [3.8, 4) is 11.4 Å². The number of thioether (sulfide) groups is 1. The van der Waals surface area contributed by atoms with E-state index in [-0.39, 0.29) is 17.2 Å². The normalized spacial score (nSPS) is 10.9. The number of nitrogens with zero attached hydrogens (tertiary/aromatic N) is 2. The summed E-state index contributed by atoms with van der Waals surface area (Å²) in [6, 6.07) is 10.6. The molecule has 0 aliphatic rings. The lowest BCUT2D eigenvalue weighted by atomic mass is 10.2. The fourth-order valence-corrected chi connectivity index (χ4v) is 3.78. The van der Waals surface area contributed by atoms with E-state index in [2.05, 4.69) is 10.3 Å². The van der Waals surface area contributed by atoms with E-state index < -0.39 is 0 Å². The van der Waals surface area contributed by atoms with Gasteiger partial charge in [-0.25, -0.2) is 4.98 Å². The zero-order valence-corrected chi connectivity index (χ0v) is 17.4. The molecule has 1 aromatic heterocycles. The van der Waals surface area contributed by atoms with Gasteiger partial charge in [-0.3, -0.25) is 14.2 Å². The number of ether oxygens (including phenoxy) is 1. The number of hydrogen-bond acceptors (Lipinski definition) is 5. The third-order valence-corrected chi connectivity index (χ3v) is 5.50. The summed E-state index contributed by atoms with van der Waals surface area (Å²) in [6.07, 6.45) is 0. The topological polar surface area (TPSA) is 73.2 Å². The maximum atomic E-state index is 13.3. The molecule has 0 aliphatic heterocycles. The van der Waals surface area contributed by atoms with Crippen molar-refractivity contribution < 1.29 is 9.53 Å². The molecule has 0 saturated heterocycles. The van der Waals surface area contributed by atoms with Crippen molar-refractivity contribution in [1.82, 2.24) is 14.9 Å². The van der Waals surface area contributed by atoms with Gasteiger partial charge in [0.1, 0.15) is 5.75 Å². The first kappa shape index (κ1) is 20.2. The summed E-state index contributed by atoms with van der Waals surface area (Å²) in [6.45, 7) is 4.25. The van der Waals surface area contributed by atoms with Crippen LogP contribution in [0.1, 0.15) is 12.5 Å². The minimum Gasteiger partial charge on any atom is -0.495 e. The molecule has 1 heterocycles. The van der Waals surface area contributed by atoms with Gasteiger partial charge in [0.25, 0.3) is 5.56 Å². The van der Waals surface area contributed by atoms with Crippen LogP contribution in [-0.4, -0.2) is 34.9 Å². The molecule has 0 radical (unpaired) electrons. The average Bonchev–Trinajstić information content (AvgIpc) is 2.69. The van der Waals surface area contributed by atoms with E-state index in [9.17, 15) is 9.59 Å². The Balaban J connectivity index is 2.24. The summed E-state index contributed by atoms with van der Waals surface area (Å²) < 4.78 is 6.94. The molecule has 0 fully saturated rings. The van der Waals surface area contributed by atoms with Gasteiger partial charge < -0.3 is 10.1 Å². The summed E-state index contributed by atoms with van der Waals surface area (Å²) in [5.41, 5.74) is 1.68. The van der Waals surface area contributed by atoms with Gasteiger partial charge in [0.15, 0.2) is 5.16 Å². The predicted molar refractivity (Wildman–Crippen MR) is 113 cm³/mol. The van der Waals surface area contributed by atoms with E-state index >= 15 is 0 Å². The fraction of sp³-hybridized carbons (Fsp3) is 0.250. The number of carbonyl (C=O) groups is 1. The van der Waals surface area contributed by atoms with E-state index in [1.807, 2.05) is 19.9 Å². The molecule has 0 unspecified atom stereocenters. The van der Waals surface area contributed by atoms with Crippen LogP contribution in [0.3, 0.4) is 0 Å². The summed E-state index contributed by atoms with van der Waals surface area (Å²) in [5, 5.41) is 4.19. The molecule has 2 aromatic carbocycles. The zero-order chi connectivity index (χ0) is 20.3. The minimum atomic E-state index is -0.232. The van der Waals surface area contributed by atoms with Crippen LogP contribution in [0.5, 0.6) is 5.75 Å². The molecule has 28 heavy (non-hydrogen) atoms. The summed E-state index contributed by atoms with van der Waals surface area (Å²) in [4.78, 5) is 29.9. The number of rotatable bonds is 6. The molecule has 6 nitrogen and oxygen atoms in total. The Morgan fingerprint density at radius 3 is 2.79 bits per heavy atom. The van der Waals surface area contributed by atoms with Crippen molar-refractivity contribution in [2.45, 2.75) is 19.0 Å². The Bertz CT molecular complexity index is 1100. The molecule has 0 atom stereocenters. The van der Waals surface area contributed by atoms with E-state index in [1.54, 1.807) is 30.3 Å². The number of aromatic nitrogens is 2. The van der Waals surface area contributed by atoms with Crippen molar-refractivity contribution >= 4 is 40.2 Å². The molecule has 3 rings (SSSR count). The van der Waals surface area contributed by atoms with Crippen molar-refractivity contribution in [1.29, 1.82) is 0 Å². The number of carbonyl (C=O) groups excluding carboxylic acids is 1.